The van der Waals surface area contributed by atoms with Crippen LogP contribution in [-0.2, 0) is 9.53 Å². The highest BCUT2D eigenvalue weighted by Gasteiger charge is 2.33. The number of allylic oxidation sites excluding steroid dienone is 2. The highest BCUT2D eigenvalue weighted by molar-refractivity contribution is 5.94. The van der Waals surface area contributed by atoms with Gasteiger partial charge in [-0.1, -0.05) is 24.3 Å². The number of ether oxygens (including phenoxy) is 2. The zero-order valence-electron chi connectivity index (χ0n) is 14.4. The van der Waals surface area contributed by atoms with Gasteiger partial charge in [-0.15, -0.1) is 0 Å². The van der Waals surface area contributed by atoms with Gasteiger partial charge in [0.1, 0.15) is 5.75 Å². The number of rotatable bonds is 5. The molecular weight excluding hydrogens is 302 g/mol. The first-order chi connectivity index (χ1) is 11.7. The van der Waals surface area contributed by atoms with Crippen molar-refractivity contribution in [1.29, 1.82) is 0 Å². The summed E-state index contributed by atoms with van der Waals surface area (Å²) in [5.74, 6) is 2.02. The van der Waals surface area contributed by atoms with Gasteiger partial charge in [0.15, 0.2) is 0 Å². The lowest BCUT2D eigenvalue weighted by Gasteiger charge is -2.18. The van der Waals surface area contributed by atoms with Crippen molar-refractivity contribution in [3.8, 4) is 5.75 Å². The largest absolute Gasteiger partial charge is 0.497 e. The van der Waals surface area contributed by atoms with Crippen LogP contribution in [0.1, 0.15) is 18.4 Å². The first-order valence-electron chi connectivity index (χ1n) is 8.50. The maximum absolute atomic E-state index is 12.2. The Morgan fingerprint density at radius 2 is 1.75 bits per heavy atom. The van der Waals surface area contributed by atoms with E-state index in [9.17, 15) is 4.79 Å². The summed E-state index contributed by atoms with van der Waals surface area (Å²) in [6.07, 6.45) is 8.83. The van der Waals surface area contributed by atoms with Crippen LogP contribution in [0, 0.1) is 11.8 Å². The van der Waals surface area contributed by atoms with Gasteiger partial charge in [-0.25, -0.2) is 4.79 Å². The molecule has 24 heavy (non-hydrogen) atoms. The van der Waals surface area contributed by atoms with E-state index in [4.69, 9.17) is 9.47 Å². The Kier molecular flexibility index (Phi) is 5.36. The van der Waals surface area contributed by atoms with E-state index in [0.717, 1.165) is 49.1 Å². The number of benzene rings is 1. The number of carbonyl (C=O) groups is 1. The Balaban J connectivity index is 1.72. The van der Waals surface area contributed by atoms with E-state index < -0.39 is 0 Å². The van der Waals surface area contributed by atoms with Crippen LogP contribution in [0.3, 0.4) is 0 Å². The number of hydrogen-bond donors (Lipinski definition) is 0. The number of fused-ring (bicyclic) bond motifs is 1. The highest BCUT2D eigenvalue weighted by atomic mass is 16.5. The van der Waals surface area contributed by atoms with Crippen LogP contribution in [0.25, 0.3) is 6.08 Å². The summed E-state index contributed by atoms with van der Waals surface area (Å²) < 4.78 is 10.2. The number of hydrogen-bond acceptors (Lipinski definition) is 4. The van der Waals surface area contributed by atoms with E-state index in [2.05, 4.69) is 17.1 Å². The second-order valence-electron chi connectivity index (χ2n) is 6.59. The second-order valence-corrected chi connectivity index (χ2v) is 6.59. The van der Waals surface area contributed by atoms with Gasteiger partial charge in [0.2, 0.25) is 0 Å². The topological polar surface area (TPSA) is 38.8 Å². The average Bonchev–Trinajstić information content (AvgIpc) is 3.03. The molecule has 3 rings (SSSR count). The molecule has 1 fully saturated rings. The zero-order valence-corrected chi connectivity index (χ0v) is 14.4. The van der Waals surface area contributed by atoms with E-state index in [1.165, 1.54) is 7.11 Å². The van der Waals surface area contributed by atoms with Crippen LogP contribution in [0.15, 0.2) is 42.0 Å². The SMILES string of the molecule is COC(=O)C(=Cc1ccc(OC)cc1)CN1C[C@H]2CC=CC[C@H]2C1. The summed E-state index contributed by atoms with van der Waals surface area (Å²) in [6, 6.07) is 7.71. The van der Waals surface area contributed by atoms with Gasteiger partial charge in [0.25, 0.3) is 0 Å². The summed E-state index contributed by atoms with van der Waals surface area (Å²) in [4.78, 5) is 14.6. The molecule has 128 valence electrons. The maximum atomic E-state index is 12.2. The van der Waals surface area contributed by atoms with E-state index in [-0.39, 0.29) is 5.97 Å². The van der Waals surface area contributed by atoms with Crippen molar-refractivity contribution in [3.63, 3.8) is 0 Å². The van der Waals surface area contributed by atoms with Gasteiger partial charge in [-0.05, 0) is 48.4 Å². The molecule has 1 heterocycles. The van der Waals surface area contributed by atoms with Crippen LogP contribution in [0.2, 0.25) is 0 Å². The van der Waals surface area contributed by atoms with Gasteiger partial charge < -0.3 is 9.47 Å². The molecule has 1 saturated heterocycles. The molecule has 4 nitrogen and oxygen atoms in total. The molecule has 0 spiro atoms. The molecule has 1 aromatic carbocycles. The third-order valence-corrected chi connectivity index (χ3v) is 4.99. The van der Waals surface area contributed by atoms with Crippen LogP contribution < -0.4 is 4.74 Å². The molecule has 0 saturated carbocycles. The van der Waals surface area contributed by atoms with Gasteiger partial charge in [-0.2, -0.15) is 0 Å². The monoisotopic (exact) mass is 327 g/mol. The molecule has 0 unspecified atom stereocenters. The Hall–Kier alpha value is -2.07. The number of esters is 1. The predicted octanol–water partition coefficient (Wildman–Crippen LogP) is 3.15. The van der Waals surface area contributed by atoms with Crippen LogP contribution in [0.4, 0.5) is 0 Å². The summed E-state index contributed by atoms with van der Waals surface area (Å²) in [7, 11) is 3.09. The Morgan fingerprint density at radius 3 is 2.29 bits per heavy atom. The molecule has 0 amide bonds. The summed E-state index contributed by atoms with van der Waals surface area (Å²) in [5, 5.41) is 0. The Labute approximate surface area is 143 Å². The number of nitrogens with zero attached hydrogens (tertiary/aromatic N) is 1. The smallest absolute Gasteiger partial charge is 0.335 e. The Bertz CT molecular complexity index is 617. The maximum Gasteiger partial charge on any atom is 0.335 e. The fourth-order valence-corrected chi connectivity index (χ4v) is 3.68. The standard InChI is InChI=1S/C20H25NO3/c1-23-19-9-7-15(8-10-19)11-18(20(22)24-2)14-21-12-16-5-3-4-6-17(16)13-21/h3-4,7-11,16-17H,5-6,12-14H2,1-2H3/t16-,17+. The van der Waals surface area contributed by atoms with E-state index in [0.29, 0.717) is 12.1 Å². The third-order valence-electron chi connectivity index (χ3n) is 4.99. The van der Waals surface area contributed by atoms with Crippen LogP contribution in [0.5, 0.6) is 5.75 Å². The fourth-order valence-electron chi connectivity index (χ4n) is 3.68. The molecule has 1 aliphatic heterocycles. The number of carbonyl (C=O) groups excluding carboxylic acids is 1. The third kappa shape index (κ3) is 3.88. The van der Waals surface area contributed by atoms with Crippen LogP contribution >= 0.6 is 0 Å². The van der Waals surface area contributed by atoms with Crippen molar-refractivity contribution in [1.82, 2.24) is 4.90 Å². The lowest BCUT2D eigenvalue weighted by molar-refractivity contribution is -0.136. The molecule has 1 aromatic rings. The van der Waals surface area contributed by atoms with E-state index in [1.807, 2.05) is 30.3 Å². The fraction of sp³-hybridized carbons (Fsp3) is 0.450. The predicted molar refractivity (Wildman–Crippen MR) is 94.8 cm³/mol. The summed E-state index contributed by atoms with van der Waals surface area (Å²) >= 11 is 0. The molecule has 4 heteroatoms. The summed E-state index contributed by atoms with van der Waals surface area (Å²) in [5.41, 5.74) is 1.68. The first kappa shape index (κ1) is 16.8. The minimum Gasteiger partial charge on any atom is -0.497 e. The Morgan fingerprint density at radius 1 is 1.12 bits per heavy atom. The van der Waals surface area contributed by atoms with Gasteiger partial charge in [-0.3, -0.25) is 4.90 Å². The quantitative estimate of drug-likeness (QED) is 0.473. The minimum absolute atomic E-state index is 0.251. The van der Waals surface area contributed by atoms with Crippen molar-refractivity contribution in [3.05, 3.63) is 47.6 Å². The molecular formula is C20H25NO3. The number of likely N-dealkylation sites (tertiary alicyclic amines) is 1. The highest BCUT2D eigenvalue weighted by Crippen LogP contribution is 2.33. The first-order valence-corrected chi connectivity index (χ1v) is 8.50. The minimum atomic E-state index is -0.251. The van der Waals surface area contributed by atoms with Crippen molar-refractivity contribution in [2.24, 2.45) is 11.8 Å². The van der Waals surface area contributed by atoms with Gasteiger partial charge in [0.05, 0.1) is 19.8 Å². The average molecular weight is 327 g/mol. The lowest BCUT2D eigenvalue weighted by Crippen LogP contribution is -2.26. The molecule has 1 aliphatic carbocycles. The van der Waals surface area contributed by atoms with Crippen molar-refractivity contribution in [2.75, 3.05) is 33.9 Å². The zero-order chi connectivity index (χ0) is 16.9. The molecule has 0 aromatic heterocycles. The van der Waals surface area contributed by atoms with E-state index in [1.54, 1.807) is 7.11 Å². The molecule has 0 N–H and O–H groups in total. The number of methoxy groups -OCH3 is 2. The van der Waals surface area contributed by atoms with Gasteiger partial charge >= 0.3 is 5.97 Å². The normalized spacial score (nSPS) is 23.8. The van der Waals surface area contributed by atoms with Crippen LogP contribution in [-0.4, -0.2) is 44.7 Å². The van der Waals surface area contributed by atoms with Crippen molar-refractivity contribution >= 4 is 12.0 Å². The molecule has 0 radical (unpaired) electrons. The molecule has 2 atom stereocenters. The van der Waals surface area contributed by atoms with Crippen molar-refractivity contribution < 1.29 is 14.3 Å². The lowest BCUT2D eigenvalue weighted by atomic mass is 9.86. The molecule has 0 bridgehead atoms. The molecule has 2 aliphatic rings. The van der Waals surface area contributed by atoms with E-state index >= 15 is 0 Å². The second kappa shape index (κ2) is 7.67. The van der Waals surface area contributed by atoms with Gasteiger partial charge in [0, 0.05) is 19.6 Å². The van der Waals surface area contributed by atoms with Crippen molar-refractivity contribution in [2.45, 2.75) is 12.8 Å². The summed E-state index contributed by atoms with van der Waals surface area (Å²) in [6.45, 7) is 2.77.